The first kappa shape index (κ1) is 13.7. The molecule has 0 aromatic heterocycles. The van der Waals surface area contributed by atoms with E-state index < -0.39 is 0 Å². The monoisotopic (exact) mass is 230 g/mol. The minimum atomic E-state index is -0.225. The smallest absolute Gasteiger partial charge is 0.238 e. The molecule has 5 heteroatoms. The van der Waals surface area contributed by atoms with E-state index >= 15 is 0 Å². The van der Waals surface area contributed by atoms with Crippen LogP contribution >= 0.6 is 12.4 Å². The fourth-order valence-electron chi connectivity index (χ4n) is 1.05. The van der Waals surface area contributed by atoms with Crippen LogP contribution in [-0.4, -0.2) is 19.1 Å². The molecule has 0 atom stereocenters. The molecule has 0 fully saturated rings. The number of nitrogens with one attached hydrogen (secondary N) is 1. The number of hydrogen-bond acceptors (Lipinski definition) is 3. The molecule has 84 valence electrons. The summed E-state index contributed by atoms with van der Waals surface area (Å²) < 4.78 is 5.33. The van der Waals surface area contributed by atoms with E-state index in [0.717, 1.165) is 0 Å². The van der Waals surface area contributed by atoms with Gasteiger partial charge in [0, 0.05) is 0 Å². The lowest BCUT2D eigenvalue weighted by Gasteiger charge is -2.10. The lowest BCUT2D eigenvalue weighted by atomic mass is 10.3. The maximum atomic E-state index is 11.0. The molecule has 0 bridgehead atoms. The number of carbonyl (C=O) groups is 1. The predicted molar refractivity (Wildman–Crippen MR) is 62.5 cm³/mol. The number of para-hydroxylation sites is 2. The van der Waals surface area contributed by atoms with Crippen molar-refractivity contribution >= 4 is 24.0 Å². The summed E-state index contributed by atoms with van der Waals surface area (Å²) in [4.78, 5) is 11.0. The second-order valence-corrected chi connectivity index (χ2v) is 2.68. The highest BCUT2D eigenvalue weighted by atomic mass is 35.5. The van der Waals surface area contributed by atoms with Crippen LogP contribution < -0.4 is 15.8 Å². The molecule has 0 heterocycles. The summed E-state index contributed by atoms with van der Waals surface area (Å²) in [7, 11) is 0. The van der Waals surface area contributed by atoms with E-state index in [2.05, 4.69) is 5.32 Å². The molecule has 0 aliphatic heterocycles. The van der Waals surface area contributed by atoms with Crippen molar-refractivity contribution in [3.05, 3.63) is 24.3 Å². The van der Waals surface area contributed by atoms with E-state index in [-0.39, 0.29) is 24.9 Å². The minimum Gasteiger partial charge on any atom is -0.492 e. The minimum absolute atomic E-state index is 0. The standard InChI is InChI=1S/C10H14N2O2.ClH/c1-2-14-9-6-4-3-5-8(9)12-10(13)7-11;/h3-6H,2,7,11H2,1H3,(H,12,13);1H. The Balaban J connectivity index is 0.00000196. The van der Waals surface area contributed by atoms with Crippen LogP contribution in [0.5, 0.6) is 5.75 Å². The highest BCUT2D eigenvalue weighted by Crippen LogP contribution is 2.23. The van der Waals surface area contributed by atoms with Gasteiger partial charge in [-0.15, -0.1) is 12.4 Å². The van der Waals surface area contributed by atoms with Gasteiger partial charge < -0.3 is 15.8 Å². The molecule has 4 nitrogen and oxygen atoms in total. The van der Waals surface area contributed by atoms with Crippen molar-refractivity contribution < 1.29 is 9.53 Å². The Morgan fingerprint density at radius 3 is 2.73 bits per heavy atom. The molecule has 1 rings (SSSR count). The van der Waals surface area contributed by atoms with Crippen molar-refractivity contribution in [2.75, 3.05) is 18.5 Å². The average Bonchev–Trinajstić information content (AvgIpc) is 2.21. The number of anilines is 1. The maximum absolute atomic E-state index is 11.0. The molecule has 0 spiro atoms. The van der Waals surface area contributed by atoms with Crippen molar-refractivity contribution in [3.8, 4) is 5.75 Å². The molecule has 0 unspecified atom stereocenters. The van der Waals surface area contributed by atoms with Crippen LogP contribution in [0.1, 0.15) is 6.92 Å². The lowest BCUT2D eigenvalue weighted by molar-refractivity contribution is -0.114. The van der Waals surface area contributed by atoms with Crippen molar-refractivity contribution in [1.82, 2.24) is 0 Å². The van der Waals surface area contributed by atoms with Gasteiger partial charge >= 0.3 is 0 Å². The van der Waals surface area contributed by atoms with Gasteiger partial charge in [-0.2, -0.15) is 0 Å². The third kappa shape index (κ3) is 4.18. The Hall–Kier alpha value is -1.26. The van der Waals surface area contributed by atoms with Crippen molar-refractivity contribution in [2.45, 2.75) is 6.92 Å². The molecule has 15 heavy (non-hydrogen) atoms. The number of amides is 1. The van der Waals surface area contributed by atoms with E-state index in [4.69, 9.17) is 10.5 Å². The Labute approximate surface area is 95.2 Å². The van der Waals surface area contributed by atoms with Crippen LogP contribution in [0.3, 0.4) is 0 Å². The zero-order chi connectivity index (χ0) is 10.4. The van der Waals surface area contributed by atoms with Crippen LogP contribution in [0, 0.1) is 0 Å². The fraction of sp³-hybridized carbons (Fsp3) is 0.300. The van der Waals surface area contributed by atoms with Gasteiger partial charge in [0.05, 0.1) is 18.8 Å². The number of nitrogens with two attached hydrogens (primary N) is 1. The van der Waals surface area contributed by atoms with E-state index in [1.54, 1.807) is 12.1 Å². The molecule has 0 aliphatic rings. The summed E-state index contributed by atoms with van der Waals surface area (Å²) in [5.41, 5.74) is 5.85. The van der Waals surface area contributed by atoms with E-state index in [9.17, 15) is 4.79 Å². The van der Waals surface area contributed by atoms with Gasteiger partial charge in [-0.1, -0.05) is 12.1 Å². The molecule has 0 saturated carbocycles. The fourth-order valence-corrected chi connectivity index (χ4v) is 1.05. The highest BCUT2D eigenvalue weighted by molar-refractivity contribution is 5.93. The zero-order valence-electron chi connectivity index (χ0n) is 8.53. The first-order chi connectivity index (χ1) is 6.77. The van der Waals surface area contributed by atoms with Crippen LogP contribution in [-0.2, 0) is 4.79 Å². The second kappa shape index (κ2) is 7.09. The Kier molecular flexibility index (Phi) is 6.49. The summed E-state index contributed by atoms with van der Waals surface area (Å²) in [6, 6.07) is 7.26. The largest absolute Gasteiger partial charge is 0.492 e. The average molecular weight is 231 g/mol. The number of benzene rings is 1. The van der Waals surface area contributed by atoms with Crippen molar-refractivity contribution in [2.24, 2.45) is 5.73 Å². The third-order valence-corrected chi connectivity index (χ3v) is 1.65. The zero-order valence-corrected chi connectivity index (χ0v) is 9.34. The van der Waals surface area contributed by atoms with Crippen molar-refractivity contribution in [3.63, 3.8) is 0 Å². The van der Waals surface area contributed by atoms with Gasteiger partial charge in [-0.3, -0.25) is 4.79 Å². The van der Waals surface area contributed by atoms with Gasteiger partial charge in [0.15, 0.2) is 0 Å². The molecule has 1 aromatic carbocycles. The Bertz CT molecular complexity index is 318. The number of hydrogen-bond donors (Lipinski definition) is 2. The number of carbonyl (C=O) groups excluding carboxylic acids is 1. The predicted octanol–water partition coefficient (Wildman–Crippen LogP) is 1.40. The van der Waals surface area contributed by atoms with Crippen LogP contribution in [0.25, 0.3) is 0 Å². The summed E-state index contributed by atoms with van der Waals surface area (Å²) in [6.07, 6.45) is 0. The van der Waals surface area contributed by atoms with Crippen LogP contribution in [0.15, 0.2) is 24.3 Å². The Morgan fingerprint density at radius 2 is 2.13 bits per heavy atom. The number of ether oxygens (including phenoxy) is 1. The molecule has 0 radical (unpaired) electrons. The summed E-state index contributed by atoms with van der Waals surface area (Å²) in [6.45, 7) is 2.43. The van der Waals surface area contributed by atoms with Gasteiger partial charge in [0.1, 0.15) is 5.75 Å². The Morgan fingerprint density at radius 1 is 1.47 bits per heavy atom. The van der Waals surface area contributed by atoms with Gasteiger partial charge in [0.2, 0.25) is 5.91 Å². The first-order valence-electron chi connectivity index (χ1n) is 4.49. The summed E-state index contributed by atoms with van der Waals surface area (Å²) in [5.74, 6) is 0.439. The van der Waals surface area contributed by atoms with E-state index in [1.165, 1.54) is 0 Å². The second-order valence-electron chi connectivity index (χ2n) is 2.68. The highest BCUT2D eigenvalue weighted by Gasteiger charge is 2.04. The maximum Gasteiger partial charge on any atom is 0.238 e. The first-order valence-corrected chi connectivity index (χ1v) is 4.49. The van der Waals surface area contributed by atoms with E-state index in [0.29, 0.717) is 18.0 Å². The summed E-state index contributed by atoms with van der Waals surface area (Å²) in [5, 5.41) is 2.66. The van der Waals surface area contributed by atoms with Gasteiger partial charge in [-0.05, 0) is 19.1 Å². The van der Waals surface area contributed by atoms with Gasteiger partial charge in [0.25, 0.3) is 0 Å². The van der Waals surface area contributed by atoms with Crippen molar-refractivity contribution in [1.29, 1.82) is 0 Å². The van der Waals surface area contributed by atoms with Crippen LogP contribution in [0.4, 0.5) is 5.69 Å². The van der Waals surface area contributed by atoms with E-state index in [1.807, 2.05) is 19.1 Å². The normalized spacial score (nSPS) is 8.93. The number of rotatable bonds is 4. The molecule has 0 saturated heterocycles. The molecular weight excluding hydrogens is 216 g/mol. The quantitative estimate of drug-likeness (QED) is 0.822. The topological polar surface area (TPSA) is 64.3 Å². The molecule has 1 aromatic rings. The van der Waals surface area contributed by atoms with Crippen LogP contribution in [0.2, 0.25) is 0 Å². The molecule has 3 N–H and O–H groups in total. The molecule has 1 amide bonds. The van der Waals surface area contributed by atoms with Gasteiger partial charge in [-0.25, -0.2) is 0 Å². The lowest BCUT2D eigenvalue weighted by Crippen LogP contribution is -2.22. The molecule has 0 aliphatic carbocycles. The SMILES string of the molecule is CCOc1ccccc1NC(=O)CN.Cl. The molecular formula is C10H15ClN2O2. The summed E-state index contributed by atoms with van der Waals surface area (Å²) >= 11 is 0. The number of halogens is 1. The third-order valence-electron chi connectivity index (χ3n) is 1.65.